The van der Waals surface area contributed by atoms with E-state index in [4.69, 9.17) is 14.3 Å². The average Bonchev–Trinajstić information content (AvgIpc) is 3.30. The second-order valence-electron chi connectivity index (χ2n) is 5.69. The van der Waals surface area contributed by atoms with E-state index in [1.807, 2.05) is 31.2 Å². The van der Waals surface area contributed by atoms with Gasteiger partial charge in [0.05, 0.1) is 5.69 Å². The predicted octanol–water partition coefficient (Wildman–Crippen LogP) is 2.15. The summed E-state index contributed by atoms with van der Waals surface area (Å²) in [6.45, 7) is 1.39. The Hall–Kier alpha value is -3.02. The SMILES string of the molecule is Cc1ccc(-c2csc(NC(=O)COC(=O)c3ccc(S(N)(=O)=O)o3)n2)cc1. The molecular weight excluding hydrogens is 406 g/mol. The van der Waals surface area contributed by atoms with Crippen LogP contribution in [0.1, 0.15) is 16.1 Å². The number of nitrogens with two attached hydrogens (primary N) is 1. The van der Waals surface area contributed by atoms with Crippen molar-refractivity contribution in [1.29, 1.82) is 0 Å². The van der Waals surface area contributed by atoms with Crippen LogP contribution in [0.15, 0.2) is 51.3 Å². The maximum Gasteiger partial charge on any atom is 0.374 e. The highest BCUT2D eigenvalue weighted by atomic mass is 32.2. The highest BCUT2D eigenvalue weighted by molar-refractivity contribution is 7.89. The van der Waals surface area contributed by atoms with Gasteiger partial charge in [0.25, 0.3) is 15.9 Å². The number of amides is 1. The fourth-order valence-electron chi connectivity index (χ4n) is 2.13. The summed E-state index contributed by atoms with van der Waals surface area (Å²) in [6.07, 6.45) is 0. The summed E-state index contributed by atoms with van der Waals surface area (Å²) in [5.74, 6) is -1.98. The molecule has 0 bridgehead atoms. The number of furan rings is 1. The molecule has 3 N–H and O–H groups in total. The number of rotatable bonds is 6. The van der Waals surface area contributed by atoms with Crippen LogP contribution in [0.2, 0.25) is 0 Å². The molecular formula is C17H15N3O6S2. The van der Waals surface area contributed by atoms with E-state index in [2.05, 4.69) is 10.3 Å². The molecule has 0 aliphatic carbocycles. The Morgan fingerprint density at radius 2 is 1.93 bits per heavy atom. The molecule has 28 heavy (non-hydrogen) atoms. The standard InChI is InChI=1S/C17H15N3O6S2/c1-10-2-4-11(5-3-10)12-9-27-17(19-12)20-14(21)8-25-16(22)13-6-7-15(26-13)28(18,23)24/h2-7,9H,8H2,1H3,(H2,18,23,24)(H,19,20,21). The molecule has 0 aliphatic heterocycles. The lowest BCUT2D eigenvalue weighted by molar-refractivity contribution is -0.119. The van der Waals surface area contributed by atoms with Crippen LogP contribution in [0.4, 0.5) is 5.13 Å². The van der Waals surface area contributed by atoms with Crippen molar-refractivity contribution in [2.24, 2.45) is 5.14 Å². The first-order chi connectivity index (χ1) is 13.2. The number of carbonyl (C=O) groups is 2. The first kappa shape index (κ1) is 19.7. The van der Waals surface area contributed by atoms with Gasteiger partial charge in [-0.15, -0.1) is 11.3 Å². The molecule has 0 radical (unpaired) electrons. The summed E-state index contributed by atoms with van der Waals surface area (Å²) in [7, 11) is -4.07. The second kappa shape index (κ2) is 7.92. The maximum absolute atomic E-state index is 11.9. The summed E-state index contributed by atoms with van der Waals surface area (Å²) in [6, 6.07) is 9.89. The second-order valence-corrected chi connectivity index (χ2v) is 8.04. The van der Waals surface area contributed by atoms with E-state index in [0.717, 1.165) is 23.3 Å². The van der Waals surface area contributed by atoms with Crippen molar-refractivity contribution in [3.8, 4) is 11.3 Å². The Bertz CT molecular complexity index is 1120. The van der Waals surface area contributed by atoms with E-state index >= 15 is 0 Å². The molecule has 2 aromatic heterocycles. The Balaban J connectivity index is 1.55. The summed E-state index contributed by atoms with van der Waals surface area (Å²) >= 11 is 1.23. The Labute approximate surface area is 164 Å². The molecule has 0 saturated carbocycles. The number of thiazole rings is 1. The summed E-state index contributed by atoms with van der Waals surface area (Å²) < 4.78 is 31.8. The van der Waals surface area contributed by atoms with Crippen molar-refractivity contribution >= 4 is 38.4 Å². The van der Waals surface area contributed by atoms with Crippen LogP contribution in [-0.4, -0.2) is 31.9 Å². The van der Waals surface area contributed by atoms with E-state index in [-0.39, 0.29) is 5.76 Å². The van der Waals surface area contributed by atoms with Crippen LogP contribution in [0.5, 0.6) is 0 Å². The van der Waals surface area contributed by atoms with Crippen molar-refractivity contribution in [3.05, 3.63) is 53.1 Å². The zero-order chi connectivity index (χ0) is 20.3. The third kappa shape index (κ3) is 4.82. The molecule has 0 fully saturated rings. The Morgan fingerprint density at radius 1 is 1.21 bits per heavy atom. The molecule has 3 rings (SSSR count). The zero-order valence-corrected chi connectivity index (χ0v) is 16.2. The molecule has 0 atom stereocenters. The number of primary sulfonamides is 1. The minimum Gasteiger partial charge on any atom is -0.450 e. The fourth-order valence-corrected chi connectivity index (χ4v) is 3.33. The molecule has 146 valence electrons. The minimum absolute atomic E-state index is 0.353. The number of nitrogens with one attached hydrogen (secondary N) is 1. The lowest BCUT2D eigenvalue weighted by atomic mass is 10.1. The van der Waals surface area contributed by atoms with Crippen LogP contribution >= 0.6 is 11.3 Å². The van der Waals surface area contributed by atoms with Gasteiger partial charge in [-0.25, -0.2) is 23.3 Å². The maximum atomic E-state index is 11.9. The fraction of sp³-hybridized carbons (Fsp3) is 0.118. The molecule has 0 unspecified atom stereocenters. The number of aromatic nitrogens is 1. The van der Waals surface area contributed by atoms with E-state index in [1.165, 1.54) is 11.3 Å². The normalized spacial score (nSPS) is 11.2. The Morgan fingerprint density at radius 3 is 2.57 bits per heavy atom. The largest absolute Gasteiger partial charge is 0.450 e. The van der Waals surface area contributed by atoms with Gasteiger partial charge in [0.1, 0.15) is 0 Å². The van der Waals surface area contributed by atoms with Crippen LogP contribution in [0.25, 0.3) is 11.3 Å². The summed E-state index contributed by atoms with van der Waals surface area (Å²) in [5.41, 5.74) is 2.75. The number of benzene rings is 1. The van der Waals surface area contributed by atoms with Crippen LogP contribution in [0.3, 0.4) is 0 Å². The van der Waals surface area contributed by atoms with Gasteiger partial charge >= 0.3 is 5.97 Å². The molecule has 0 spiro atoms. The molecule has 0 aliphatic rings. The number of sulfonamides is 1. The van der Waals surface area contributed by atoms with Crippen LogP contribution < -0.4 is 10.5 Å². The molecule has 3 aromatic rings. The number of hydrogen-bond acceptors (Lipinski definition) is 8. The van der Waals surface area contributed by atoms with Gasteiger partial charge in [0, 0.05) is 10.9 Å². The minimum atomic E-state index is -4.07. The third-order valence-corrected chi connectivity index (χ3v) is 5.03. The van der Waals surface area contributed by atoms with Crippen molar-refractivity contribution in [2.45, 2.75) is 12.0 Å². The first-order valence-corrected chi connectivity index (χ1v) is 10.3. The van der Waals surface area contributed by atoms with E-state index < -0.39 is 33.6 Å². The van der Waals surface area contributed by atoms with Crippen molar-refractivity contribution in [1.82, 2.24) is 4.98 Å². The number of hydrogen-bond donors (Lipinski definition) is 2. The lowest BCUT2D eigenvalue weighted by Gasteiger charge is -2.03. The quantitative estimate of drug-likeness (QED) is 0.581. The van der Waals surface area contributed by atoms with Gasteiger partial charge < -0.3 is 9.15 Å². The van der Waals surface area contributed by atoms with Gasteiger partial charge in [0.2, 0.25) is 10.9 Å². The smallest absolute Gasteiger partial charge is 0.374 e. The number of esters is 1. The van der Waals surface area contributed by atoms with Gasteiger partial charge in [-0.1, -0.05) is 29.8 Å². The molecule has 2 heterocycles. The summed E-state index contributed by atoms with van der Waals surface area (Å²) in [4.78, 5) is 28.1. The lowest BCUT2D eigenvalue weighted by Crippen LogP contribution is -2.20. The Kier molecular flexibility index (Phi) is 5.58. The predicted molar refractivity (Wildman–Crippen MR) is 101 cm³/mol. The van der Waals surface area contributed by atoms with Crippen molar-refractivity contribution < 1.29 is 27.2 Å². The molecule has 9 nitrogen and oxygen atoms in total. The van der Waals surface area contributed by atoms with E-state index in [9.17, 15) is 18.0 Å². The van der Waals surface area contributed by atoms with E-state index in [0.29, 0.717) is 10.8 Å². The number of anilines is 1. The van der Waals surface area contributed by atoms with Gasteiger partial charge in [-0.2, -0.15) is 0 Å². The molecule has 11 heteroatoms. The van der Waals surface area contributed by atoms with Gasteiger partial charge in [0.15, 0.2) is 11.7 Å². The molecule has 1 amide bonds. The van der Waals surface area contributed by atoms with E-state index in [1.54, 1.807) is 5.38 Å². The van der Waals surface area contributed by atoms with Crippen molar-refractivity contribution in [2.75, 3.05) is 11.9 Å². The zero-order valence-electron chi connectivity index (χ0n) is 14.5. The van der Waals surface area contributed by atoms with Crippen LogP contribution in [-0.2, 0) is 19.6 Å². The van der Waals surface area contributed by atoms with Crippen molar-refractivity contribution in [3.63, 3.8) is 0 Å². The number of aryl methyl sites for hydroxylation is 1. The highest BCUT2D eigenvalue weighted by Gasteiger charge is 2.19. The first-order valence-electron chi connectivity index (χ1n) is 7.84. The monoisotopic (exact) mass is 421 g/mol. The van der Waals surface area contributed by atoms with Crippen LogP contribution in [0, 0.1) is 6.92 Å². The average molecular weight is 421 g/mol. The molecule has 1 aromatic carbocycles. The third-order valence-electron chi connectivity index (χ3n) is 3.50. The van der Waals surface area contributed by atoms with Gasteiger partial charge in [-0.3, -0.25) is 10.1 Å². The highest BCUT2D eigenvalue weighted by Crippen LogP contribution is 2.25. The molecule has 0 saturated heterocycles. The summed E-state index contributed by atoms with van der Waals surface area (Å²) in [5, 5.41) is 8.99. The van der Waals surface area contributed by atoms with Gasteiger partial charge in [-0.05, 0) is 19.1 Å². The number of nitrogens with zero attached hydrogens (tertiary/aromatic N) is 1. The number of ether oxygens (including phenoxy) is 1. The topological polar surface area (TPSA) is 142 Å². The number of carbonyl (C=O) groups excluding carboxylic acids is 2.